The van der Waals surface area contributed by atoms with Crippen molar-refractivity contribution in [1.29, 1.82) is 0 Å². The van der Waals surface area contributed by atoms with E-state index in [1.54, 1.807) is 22.8 Å². The van der Waals surface area contributed by atoms with E-state index in [4.69, 9.17) is 4.42 Å². The lowest BCUT2D eigenvalue weighted by atomic mass is 10.1. The van der Waals surface area contributed by atoms with Crippen LogP contribution in [0.15, 0.2) is 70.4 Å². The van der Waals surface area contributed by atoms with E-state index < -0.39 is 11.7 Å². The van der Waals surface area contributed by atoms with Gasteiger partial charge in [0.05, 0.1) is 17.0 Å². The van der Waals surface area contributed by atoms with Crippen molar-refractivity contribution in [2.45, 2.75) is 17.1 Å². The van der Waals surface area contributed by atoms with E-state index in [0.717, 1.165) is 12.1 Å². The molecule has 2 aromatic carbocycles. The van der Waals surface area contributed by atoms with Gasteiger partial charge >= 0.3 is 6.18 Å². The van der Waals surface area contributed by atoms with Gasteiger partial charge in [-0.1, -0.05) is 48.2 Å². The van der Waals surface area contributed by atoms with E-state index in [1.807, 2.05) is 37.2 Å². The molecular formula is C24H23F3N6O2S. The molecule has 36 heavy (non-hydrogen) atoms. The molecule has 0 saturated carbocycles. The Morgan fingerprint density at radius 1 is 1.11 bits per heavy atom. The van der Waals surface area contributed by atoms with Gasteiger partial charge in [-0.25, -0.2) is 4.98 Å². The first-order valence-electron chi connectivity index (χ1n) is 10.9. The number of hydrogen-bond donors (Lipinski definition) is 1. The summed E-state index contributed by atoms with van der Waals surface area (Å²) in [4.78, 5) is 18.4. The number of benzene rings is 2. The van der Waals surface area contributed by atoms with Crippen LogP contribution < -0.4 is 5.32 Å². The second-order valence-corrected chi connectivity index (χ2v) is 8.97. The quantitative estimate of drug-likeness (QED) is 0.327. The average molecular weight is 517 g/mol. The normalized spacial score (nSPS) is 11.7. The molecule has 2 heterocycles. The van der Waals surface area contributed by atoms with E-state index >= 15 is 0 Å². The molecular weight excluding hydrogens is 493 g/mol. The number of halogens is 3. The summed E-state index contributed by atoms with van der Waals surface area (Å²) in [7, 11) is 3.80. The van der Waals surface area contributed by atoms with Crippen LogP contribution in [0.2, 0.25) is 0 Å². The van der Waals surface area contributed by atoms with Gasteiger partial charge in [0.2, 0.25) is 5.89 Å². The summed E-state index contributed by atoms with van der Waals surface area (Å²) in [6.07, 6.45) is -3.22. The Bertz CT molecular complexity index is 1320. The second kappa shape index (κ2) is 11.0. The first-order valence-corrected chi connectivity index (χ1v) is 11.9. The third-order valence-electron chi connectivity index (χ3n) is 5.05. The molecule has 2 aromatic heterocycles. The molecule has 8 nitrogen and oxygen atoms in total. The molecule has 0 unspecified atom stereocenters. The summed E-state index contributed by atoms with van der Waals surface area (Å²) >= 11 is 1.18. The van der Waals surface area contributed by atoms with Crippen molar-refractivity contribution in [3.63, 3.8) is 0 Å². The van der Waals surface area contributed by atoms with Crippen molar-refractivity contribution in [2.75, 3.05) is 27.2 Å². The van der Waals surface area contributed by atoms with E-state index in [2.05, 4.69) is 20.5 Å². The maximum absolute atomic E-state index is 13.4. The van der Waals surface area contributed by atoms with Gasteiger partial charge < -0.3 is 14.6 Å². The SMILES string of the molecule is CN(C)CCNC(=O)c1coc(CSc2nnc(-c3ccccc3)n2-c2cccc(C(F)(F)F)c2)n1. The Balaban J connectivity index is 1.58. The van der Waals surface area contributed by atoms with Crippen molar-refractivity contribution in [3.05, 3.63) is 78.0 Å². The fraction of sp³-hybridized carbons (Fsp3) is 0.250. The molecule has 4 rings (SSSR count). The van der Waals surface area contributed by atoms with Gasteiger partial charge in [0.15, 0.2) is 16.7 Å². The molecule has 0 radical (unpaired) electrons. The molecule has 188 valence electrons. The Labute approximate surface area is 209 Å². The van der Waals surface area contributed by atoms with Gasteiger partial charge in [-0.2, -0.15) is 13.2 Å². The zero-order valence-electron chi connectivity index (χ0n) is 19.5. The summed E-state index contributed by atoms with van der Waals surface area (Å²) in [5, 5.41) is 11.6. The molecule has 0 bridgehead atoms. The summed E-state index contributed by atoms with van der Waals surface area (Å²) < 4.78 is 47.1. The van der Waals surface area contributed by atoms with E-state index in [9.17, 15) is 18.0 Å². The number of nitrogens with zero attached hydrogens (tertiary/aromatic N) is 5. The van der Waals surface area contributed by atoms with Crippen molar-refractivity contribution in [1.82, 2.24) is 30.0 Å². The Morgan fingerprint density at radius 3 is 2.61 bits per heavy atom. The zero-order valence-corrected chi connectivity index (χ0v) is 20.3. The fourth-order valence-corrected chi connectivity index (χ4v) is 4.09. The minimum Gasteiger partial charge on any atom is -0.447 e. The number of oxazole rings is 1. The summed E-state index contributed by atoms with van der Waals surface area (Å²) in [6, 6.07) is 14.0. The zero-order chi connectivity index (χ0) is 25.7. The largest absolute Gasteiger partial charge is 0.447 e. The highest BCUT2D eigenvalue weighted by molar-refractivity contribution is 7.98. The third-order valence-corrected chi connectivity index (χ3v) is 5.96. The number of carbonyl (C=O) groups is 1. The molecule has 0 aliphatic rings. The molecule has 1 N–H and O–H groups in total. The van der Waals surface area contributed by atoms with E-state index in [1.165, 1.54) is 24.1 Å². The molecule has 0 aliphatic carbocycles. The number of aromatic nitrogens is 4. The molecule has 0 atom stereocenters. The lowest BCUT2D eigenvalue weighted by Gasteiger charge is -2.13. The highest BCUT2D eigenvalue weighted by Gasteiger charge is 2.31. The van der Waals surface area contributed by atoms with Crippen molar-refractivity contribution >= 4 is 17.7 Å². The van der Waals surface area contributed by atoms with Gasteiger partial charge in [0.1, 0.15) is 6.26 Å². The van der Waals surface area contributed by atoms with Crippen LogP contribution >= 0.6 is 11.8 Å². The number of hydrogen-bond acceptors (Lipinski definition) is 7. The summed E-state index contributed by atoms with van der Waals surface area (Å²) in [5.74, 6) is 0.510. The third kappa shape index (κ3) is 6.13. The first-order chi connectivity index (χ1) is 17.2. The van der Waals surface area contributed by atoms with E-state index in [-0.39, 0.29) is 28.9 Å². The van der Waals surface area contributed by atoms with Crippen LogP contribution in [0.3, 0.4) is 0 Å². The van der Waals surface area contributed by atoms with Crippen LogP contribution in [0.4, 0.5) is 13.2 Å². The smallest absolute Gasteiger partial charge is 0.416 e. The van der Waals surface area contributed by atoms with Crippen LogP contribution in [0.5, 0.6) is 0 Å². The van der Waals surface area contributed by atoms with E-state index in [0.29, 0.717) is 29.6 Å². The summed E-state index contributed by atoms with van der Waals surface area (Å²) in [6.45, 7) is 1.15. The number of rotatable bonds is 9. The predicted octanol–water partition coefficient (Wildman–Crippen LogP) is 4.52. The highest BCUT2D eigenvalue weighted by atomic mass is 32.2. The van der Waals surface area contributed by atoms with Crippen molar-refractivity contribution in [3.8, 4) is 17.1 Å². The predicted molar refractivity (Wildman–Crippen MR) is 129 cm³/mol. The number of thioether (sulfide) groups is 1. The molecule has 4 aromatic rings. The second-order valence-electron chi connectivity index (χ2n) is 8.03. The number of amides is 1. The average Bonchev–Trinajstić information content (AvgIpc) is 3.50. The molecule has 0 spiro atoms. The molecule has 0 fully saturated rings. The monoisotopic (exact) mass is 516 g/mol. The van der Waals surface area contributed by atoms with Crippen LogP contribution in [0, 0.1) is 0 Å². The van der Waals surface area contributed by atoms with Crippen LogP contribution in [0.25, 0.3) is 17.1 Å². The summed E-state index contributed by atoms with van der Waals surface area (Å²) in [5.41, 5.74) is 0.335. The molecule has 0 saturated heterocycles. The van der Waals surface area contributed by atoms with Crippen molar-refractivity contribution < 1.29 is 22.4 Å². The molecule has 12 heteroatoms. The first kappa shape index (κ1) is 25.5. The Kier molecular flexibility index (Phi) is 7.75. The van der Waals surface area contributed by atoms with Gasteiger partial charge in [0, 0.05) is 18.7 Å². The fourth-order valence-electron chi connectivity index (χ4n) is 3.28. The van der Waals surface area contributed by atoms with Gasteiger partial charge in [-0.05, 0) is 32.3 Å². The van der Waals surface area contributed by atoms with Crippen LogP contribution in [-0.4, -0.2) is 57.7 Å². The molecule has 0 aliphatic heterocycles. The highest BCUT2D eigenvalue weighted by Crippen LogP contribution is 2.34. The minimum absolute atomic E-state index is 0.147. The number of likely N-dealkylation sites (N-methyl/N-ethyl adjacent to an activating group) is 1. The maximum atomic E-state index is 13.4. The standard InChI is InChI=1S/C24H23F3N6O2S/c1-32(2)12-11-28-22(34)19-14-35-20(29-19)15-36-23-31-30-21(16-7-4-3-5-8-16)33(23)18-10-6-9-17(13-18)24(25,26)27/h3-10,13-14H,11-12,15H2,1-2H3,(H,28,34). The number of nitrogens with one attached hydrogen (secondary N) is 1. The van der Waals surface area contributed by atoms with Gasteiger partial charge in [-0.15, -0.1) is 10.2 Å². The molecule has 1 amide bonds. The van der Waals surface area contributed by atoms with Crippen molar-refractivity contribution in [2.24, 2.45) is 0 Å². The van der Waals surface area contributed by atoms with Crippen LogP contribution in [0.1, 0.15) is 21.9 Å². The number of carbonyl (C=O) groups excluding carboxylic acids is 1. The topological polar surface area (TPSA) is 89.1 Å². The minimum atomic E-state index is -4.49. The number of alkyl halides is 3. The van der Waals surface area contributed by atoms with Crippen LogP contribution in [-0.2, 0) is 11.9 Å². The lowest BCUT2D eigenvalue weighted by molar-refractivity contribution is -0.137. The maximum Gasteiger partial charge on any atom is 0.416 e. The Hall–Kier alpha value is -3.64. The Morgan fingerprint density at radius 2 is 1.89 bits per heavy atom. The lowest BCUT2D eigenvalue weighted by Crippen LogP contribution is -2.31. The van der Waals surface area contributed by atoms with Gasteiger partial charge in [0.25, 0.3) is 5.91 Å². The van der Waals surface area contributed by atoms with Gasteiger partial charge in [-0.3, -0.25) is 9.36 Å².